The van der Waals surface area contributed by atoms with Crippen molar-refractivity contribution < 1.29 is 19.2 Å². The molecule has 1 atom stereocenters. The molecular weight excluding hydrogens is 396 g/mol. The van der Waals surface area contributed by atoms with Gasteiger partial charge in [-0.15, -0.1) is 0 Å². The molecule has 2 heterocycles. The fraction of sp³-hybridized carbons (Fsp3) is 0.261. The number of aromatic hydroxyl groups is 1. The number of hydrogen-bond donors (Lipinski definition) is 2. The molecule has 8 nitrogen and oxygen atoms in total. The first-order chi connectivity index (χ1) is 15.0. The van der Waals surface area contributed by atoms with Crippen molar-refractivity contribution in [3.05, 3.63) is 65.7 Å². The number of amides is 2. The maximum Gasteiger partial charge on any atom is 0.322 e. The van der Waals surface area contributed by atoms with Gasteiger partial charge in [-0.1, -0.05) is 48.5 Å². The van der Waals surface area contributed by atoms with Crippen LogP contribution in [0, 0.1) is 0 Å². The molecule has 160 valence electrons. The normalized spacial score (nSPS) is 16.4. The average Bonchev–Trinajstić information content (AvgIpc) is 3.26. The van der Waals surface area contributed by atoms with E-state index in [1.807, 2.05) is 44.2 Å². The van der Waals surface area contributed by atoms with Crippen molar-refractivity contribution in [3.63, 3.8) is 0 Å². The number of benzene rings is 2. The Balaban J connectivity index is 1.82. The Hall–Kier alpha value is -3.81. The van der Waals surface area contributed by atoms with Gasteiger partial charge in [-0.2, -0.15) is 4.98 Å². The number of rotatable bonds is 6. The van der Waals surface area contributed by atoms with Crippen LogP contribution in [0.4, 0.5) is 4.79 Å². The molecule has 31 heavy (non-hydrogen) atoms. The Labute approximate surface area is 180 Å². The van der Waals surface area contributed by atoms with Gasteiger partial charge < -0.3 is 19.7 Å². The molecule has 4 rings (SSSR count). The molecular formula is C23H24N4O4. The third-order valence-corrected chi connectivity index (χ3v) is 5.27. The summed E-state index contributed by atoms with van der Waals surface area (Å²) in [7, 11) is 1.48. The summed E-state index contributed by atoms with van der Waals surface area (Å²) in [4.78, 5) is 19.1. The smallest absolute Gasteiger partial charge is 0.322 e. The minimum Gasteiger partial charge on any atom is -0.504 e. The predicted molar refractivity (Wildman–Crippen MR) is 115 cm³/mol. The van der Waals surface area contributed by atoms with E-state index in [1.54, 1.807) is 23.1 Å². The van der Waals surface area contributed by atoms with Gasteiger partial charge in [0.2, 0.25) is 5.82 Å². The van der Waals surface area contributed by atoms with E-state index >= 15 is 0 Å². The Morgan fingerprint density at radius 2 is 2.00 bits per heavy atom. The summed E-state index contributed by atoms with van der Waals surface area (Å²) in [6, 6.07) is 13.8. The zero-order chi connectivity index (χ0) is 22.0. The number of phenolic OH excluding ortho intramolecular Hbond substituents is 1. The second kappa shape index (κ2) is 8.51. The zero-order valence-electron chi connectivity index (χ0n) is 17.6. The molecule has 2 aromatic carbocycles. The fourth-order valence-electron chi connectivity index (χ4n) is 3.73. The lowest BCUT2D eigenvalue weighted by molar-refractivity contribution is 0.205. The van der Waals surface area contributed by atoms with Crippen molar-refractivity contribution in [1.29, 1.82) is 0 Å². The van der Waals surface area contributed by atoms with Gasteiger partial charge in [-0.3, -0.25) is 4.90 Å². The molecule has 0 aliphatic carbocycles. The van der Waals surface area contributed by atoms with Crippen LogP contribution < -0.4 is 10.1 Å². The third-order valence-electron chi connectivity index (χ3n) is 5.27. The van der Waals surface area contributed by atoms with Crippen LogP contribution in [0.15, 0.2) is 58.8 Å². The van der Waals surface area contributed by atoms with Crippen LogP contribution in [-0.4, -0.2) is 39.8 Å². The SMILES string of the molecule is CCCN1C(=O)NC(c2ccc(OC)c(O)c2)C(c2nc(-c3ccccc3)no2)=C1C. The Morgan fingerprint density at radius 1 is 1.23 bits per heavy atom. The highest BCUT2D eigenvalue weighted by Gasteiger charge is 2.35. The first-order valence-corrected chi connectivity index (χ1v) is 10.1. The highest BCUT2D eigenvalue weighted by Crippen LogP contribution is 2.39. The highest BCUT2D eigenvalue weighted by atomic mass is 16.5. The van der Waals surface area contributed by atoms with Crippen molar-refractivity contribution >= 4 is 11.6 Å². The molecule has 1 aliphatic rings. The number of aromatic nitrogens is 2. The Kier molecular flexibility index (Phi) is 5.62. The molecule has 0 fully saturated rings. The molecule has 0 radical (unpaired) electrons. The van der Waals surface area contributed by atoms with E-state index in [1.165, 1.54) is 7.11 Å². The standard InChI is InChI=1S/C23H24N4O4/c1-4-12-27-14(2)19(22-25-21(26-31-22)15-8-6-5-7-9-15)20(24-23(27)29)16-10-11-18(30-3)17(28)13-16/h5-11,13,20,28H,4,12H2,1-3H3,(H,24,29). The van der Waals surface area contributed by atoms with E-state index in [0.717, 1.165) is 17.7 Å². The summed E-state index contributed by atoms with van der Waals surface area (Å²) in [6.45, 7) is 4.43. The second-order valence-electron chi connectivity index (χ2n) is 7.25. The van der Waals surface area contributed by atoms with E-state index in [-0.39, 0.29) is 11.8 Å². The summed E-state index contributed by atoms with van der Waals surface area (Å²) < 4.78 is 10.8. The van der Waals surface area contributed by atoms with Gasteiger partial charge in [-0.05, 0) is 31.0 Å². The molecule has 0 saturated carbocycles. The number of ether oxygens (including phenoxy) is 1. The average molecular weight is 420 g/mol. The number of nitrogens with zero attached hydrogens (tertiary/aromatic N) is 3. The van der Waals surface area contributed by atoms with Crippen LogP contribution in [0.25, 0.3) is 17.0 Å². The van der Waals surface area contributed by atoms with Gasteiger partial charge >= 0.3 is 6.03 Å². The third kappa shape index (κ3) is 3.84. The van der Waals surface area contributed by atoms with Crippen LogP contribution in [0.2, 0.25) is 0 Å². The molecule has 1 aromatic heterocycles. The van der Waals surface area contributed by atoms with E-state index in [9.17, 15) is 9.90 Å². The Morgan fingerprint density at radius 3 is 2.68 bits per heavy atom. The van der Waals surface area contributed by atoms with Crippen LogP contribution in [-0.2, 0) is 0 Å². The molecule has 2 N–H and O–H groups in total. The number of hydrogen-bond acceptors (Lipinski definition) is 6. The predicted octanol–water partition coefficient (Wildman–Crippen LogP) is 4.36. The van der Waals surface area contributed by atoms with E-state index in [0.29, 0.717) is 35.1 Å². The van der Waals surface area contributed by atoms with Crippen LogP contribution >= 0.6 is 0 Å². The van der Waals surface area contributed by atoms with Crippen molar-refractivity contribution in [2.75, 3.05) is 13.7 Å². The van der Waals surface area contributed by atoms with Crippen molar-refractivity contribution in [2.45, 2.75) is 26.3 Å². The molecule has 3 aromatic rings. The molecule has 0 saturated heterocycles. The topological polar surface area (TPSA) is 101 Å². The monoisotopic (exact) mass is 420 g/mol. The van der Waals surface area contributed by atoms with Gasteiger partial charge in [0, 0.05) is 17.8 Å². The van der Waals surface area contributed by atoms with Gasteiger partial charge in [0.1, 0.15) is 0 Å². The summed E-state index contributed by atoms with van der Waals surface area (Å²) >= 11 is 0. The van der Waals surface area contributed by atoms with E-state index in [2.05, 4.69) is 15.5 Å². The number of carbonyl (C=O) groups excluding carboxylic acids is 1. The first kappa shape index (κ1) is 20.5. The van der Waals surface area contributed by atoms with E-state index in [4.69, 9.17) is 9.26 Å². The van der Waals surface area contributed by atoms with Gasteiger partial charge in [0.05, 0.1) is 18.7 Å². The van der Waals surface area contributed by atoms with Crippen molar-refractivity contribution in [3.8, 4) is 22.9 Å². The summed E-state index contributed by atoms with van der Waals surface area (Å²) in [5.41, 5.74) is 2.93. The lowest BCUT2D eigenvalue weighted by atomic mass is 9.94. The second-order valence-corrected chi connectivity index (χ2v) is 7.25. The molecule has 0 bridgehead atoms. The molecule has 0 spiro atoms. The van der Waals surface area contributed by atoms with Crippen molar-refractivity contribution in [1.82, 2.24) is 20.4 Å². The number of allylic oxidation sites excluding steroid dienone is 1. The zero-order valence-corrected chi connectivity index (χ0v) is 17.6. The molecule has 2 amide bonds. The number of urea groups is 1. The van der Waals surface area contributed by atoms with Crippen molar-refractivity contribution in [2.24, 2.45) is 0 Å². The van der Waals surface area contributed by atoms with Gasteiger partial charge in [0.25, 0.3) is 5.89 Å². The summed E-state index contributed by atoms with van der Waals surface area (Å²) in [6.07, 6.45) is 0.797. The maximum atomic E-state index is 12.8. The molecule has 1 aliphatic heterocycles. The number of methoxy groups -OCH3 is 1. The van der Waals surface area contributed by atoms with Gasteiger partial charge in [0.15, 0.2) is 11.5 Å². The minimum atomic E-state index is -0.568. The van der Waals surface area contributed by atoms with E-state index < -0.39 is 6.04 Å². The minimum absolute atomic E-state index is 0.0160. The first-order valence-electron chi connectivity index (χ1n) is 10.1. The Bertz CT molecular complexity index is 1120. The maximum absolute atomic E-state index is 12.8. The van der Waals surface area contributed by atoms with Crippen LogP contribution in [0.5, 0.6) is 11.5 Å². The summed E-state index contributed by atoms with van der Waals surface area (Å²) in [5, 5.41) is 17.4. The lowest BCUT2D eigenvalue weighted by Gasteiger charge is -2.35. The molecule has 1 unspecified atom stereocenters. The number of nitrogens with one attached hydrogen (secondary N) is 1. The summed E-state index contributed by atoms with van der Waals surface area (Å²) in [5.74, 6) is 1.12. The van der Waals surface area contributed by atoms with Crippen LogP contribution in [0.1, 0.15) is 37.8 Å². The lowest BCUT2D eigenvalue weighted by Crippen LogP contribution is -2.46. The quantitative estimate of drug-likeness (QED) is 0.615. The van der Waals surface area contributed by atoms with Crippen LogP contribution in [0.3, 0.4) is 0 Å². The number of phenols is 1. The molecule has 8 heteroatoms. The van der Waals surface area contributed by atoms with Gasteiger partial charge in [-0.25, -0.2) is 4.79 Å². The largest absolute Gasteiger partial charge is 0.504 e. The number of carbonyl (C=O) groups is 1. The fourth-order valence-corrected chi connectivity index (χ4v) is 3.73. The highest BCUT2D eigenvalue weighted by molar-refractivity contribution is 5.87.